The quantitative estimate of drug-likeness (QED) is 0.606. The summed E-state index contributed by atoms with van der Waals surface area (Å²) in [5.74, 6) is 1.44. The van der Waals surface area contributed by atoms with E-state index >= 15 is 0 Å². The molecule has 1 unspecified atom stereocenters. The van der Waals surface area contributed by atoms with Crippen molar-refractivity contribution in [2.24, 2.45) is 0 Å². The SMILES string of the molecule is CC1COCCOc2ccccc21. The summed E-state index contributed by atoms with van der Waals surface area (Å²) in [6.07, 6.45) is 0. The Morgan fingerprint density at radius 1 is 1.23 bits per heavy atom. The van der Waals surface area contributed by atoms with Crippen molar-refractivity contribution in [3.8, 4) is 5.75 Å². The first kappa shape index (κ1) is 8.57. The van der Waals surface area contributed by atoms with E-state index < -0.39 is 0 Å². The van der Waals surface area contributed by atoms with Crippen LogP contribution >= 0.6 is 0 Å². The molecule has 0 spiro atoms. The molecule has 1 aliphatic rings. The van der Waals surface area contributed by atoms with Gasteiger partial charge in [0.25, 0.3) is 0 Å². The molecule has 0 saturated carbocycles. The van der Waals surface area contributed by atoms with Gasteiger partial charge < -0.3 is 9.47 Å². The Bertz CT molecular complexity index is 283. The van der Waals surface area contributed by atoms with Crippen LogP contribution in [0.5, 0.6) is 5.75 Å². The Balaban J connectivity index is 2.31. The molecule has 0 amide bonds. The van der Waals surface area contributed by atoms with Gasteiger partial charge in [0, 0.05) is 5.92 Å². The van der Waals surface area contributed by atoms with Crippen LogP contribution in [0.2, 0.25) is 0 Å². The van der Waals surface area contributed by atoms with Gasteiger partial charge >= 0.3 is 0 Å². The highest BCUT2D eigenvalue weighted by Gasteiger charge is 2.13. The molecule has 0 N–H and O–H groups in total. The predicted molar refractivity (Wildman–Crippen MR) is 51.2 cm³/mol. The van der Waals surface area contributed by atoms with Gasteiger partial charge in [-0.05, 0) is 11.6 Å². The first-order valence-electron chi connectivity index (χ1n) is 4.67. The zero-order valence-corrected chi connectivity index (χ0v) is 7.82. The number of hydrogen-bond acceptors (Lipinski definition) is 2. The maximum absolute atomic E-state index is 5.57. The fraction of sp³-hybridized carbons (Fsp3) is 0.455. The second-order valence-corrected chi connectivity index (χ2v) is 3.36. The molecule has 0 saturated heterocycles. The number of rotatable bonds is 0. The Kier molecular flexibility index (Phi) is 2.50. The van der Waals surface area contributed by atoms with Crippen LogP contribution in [-0.2, 0) is 4.74 Å². The van der Waals surface area contributed by atoms with Crippen molar-refractivity contribution in [1.82, 2.24) is 0 Å². The topological polar surface area (TPSA) is 18.5 Å². The standard InChI is InChI=1S/C11H14O2/c1-9-8-12-6-7-13-11-5-3-2-4-10(9)11/h2-5,9H,6-8H2,1H3. The van der Waals surface area contributed by atoms with Crippen LogP contribution in [0.25, 0.3) is 0 Å². The predicted octanol–water partition coefficient (Wildman–Crippen LogP) is 2.20. The number of fused-ring (bicyclic) bond motifs is 1. The summed E-state index contributed by atoms with van der Waals surface area (Å²) in [6.45, 7) is 4.30. The molecule has 2 heteroatoms. The third-order valence-corrected chi connectivity index (χ3v) is 2.30. The van der Waals surface area contributed by atoms with Crippen LogP contribution in [-0.4, -0.2) is 19.8 Å². The van der Waals surface area contributed by atoms with E-state index in [9.17, 15) is 0 Å². The summed E-state index contributed by atoms with van der Waals surface area (Å²) in [5, 5.41) is 0. The van der Waals surface area contributed by atoms with E-state index in [0.717, 1.165) is 12.4 Å². The van der Waals surface area contributed by atoms with Gasteiger partial charge in [-0.3, -0.25) is 0 Å². The van der Waals surface area contributed by atoms with E-state index in [-0.39, 0.29) is 0 Å². The molecule has 1 aromatic carbocycles. The van der Waals surface area contributed by atoms with Crippen LogP contribution in [0.15, 0.2) is 24.3 Å². The van der Waals surface area contributed by atoms with Crippen molar-refractivity contribution >= 4 is 0 Å². The molecule has 1 heterocycles. The minimum Gasteiger partial charge on any atom is -0.491 e. The van der Waals surface area contributed by atoms with Crippen molar-refractivity contribution in [2.75, 3.05) is 19.8 Å². The van der Waals surface area contributed by atoms with Gasteiger partial charge in [-0.1, -0.05) is 25.1 Å². The van der Waals surface area contributed by atoms with Gasteiger partial charge in [-0.25, -0.2) is 0 Å². The molecule has 1 atom stereocenters. The van der Waals surface area contributed by atoms with Crippen LogP contribution in [0.3, 0.4) is 0 Å². The molecule has 1 aliphatic heterocycles. The molecular weight excluding hydrogens is 164 g/mol. The Morgan fingerprint density at radius 2 is 2.08 bits per heavy atom. The fourth-order valence-corrected chi connectivity index (χ4v) is 1.58. The van der Waals surface area contributed by atoms with Gasteiger partial charge in [-0.15, -0.1) is 0 Å². The van der Waals surface area contributed by atoms with Crippen LogP contribution in [0, 0.1) is 0 Å². The average molecular weight is 178 g/mol. The minimum atomic E-state index is 0.427. The highest BCUT2D eigenvalue weighted by atomic mass is 16.5. The smallest absolute Gasteiger partial charge is 0.122 e. The monoisotopic (exact) mass is 178 g/mol. The zero-order chi connectivity index (χ0) is 9.10. The van der Waals surface area contributed by atoms with Gasteiger partial charge in [-0.2, -0.15) is 0 Å². The summed E-state index contributed by atoms with van der Waals surface area (Å²) >= 11 is 0. The lowest BCUT2D eigenvalue weighted by atomic mass is 10.0. The van der Waals surface area contributed by atoms with E-state index in [1.807, 2.05) is 18.2 Å². The van der Waals surface area contributed by atoms with E-state index in [1.165, 1.54) is 5.56 Å². The largest absolute Gasteiger partial charge is 0.491 e. The van der Waals surface area contributed by atoms with Crippen molar-refractivity contribution in [3.63, 3.8) is 0 Å². The van der Waals surface area contributed by atoms with Gasteiger partial charge in [0.1, 0.15) is 12.4 Å². The molecule has 0 fully saturated rings. The maximum Gasteiger partial charge on any atom is 0.122 e. The first-order valence-corrected chi connectivity index (χ1v) is 4.67. The second kappa shape index (κ2) is 3.79. The van der Waals surface area contributed by atoms with Crippen molar-refractivity contribution in [2.45, 2.75) is 12.8 Å². The second-order valence-electron chi connectivity index (χ2n) is 3.36. The van der Waals surface area contributed by atoms with Gasteiger partial charge in [0.15, 0.2) is 0 Å². The lowest BCUT2D eigenvalue weighted by Crippen LogP contribution is -2.16. The summed E-state index contributed by atoms with van der Waals surface area (Å²) in [5.41, 5.74) is 1.25. The van der Waals surface area contributed by atoms with E-state index in [1.54, 1.807) is 0 Å². The molecule has 0 bridgehead atoms. The Morgan fingerprint density at radius 3 is 3.00 bits per heavy atom. The van der Waals surface area contributed by atoms with E-state index in [2.05, 4.69) is 13.0 Å². The molecule has 0 aromatic heterocycles. The number of para-hydroxylation sites is 1. The van der Waals surface area contributed by atoms with Crippen molar-refractivity contribution < 1.29 is 9.47 Å². The summed E-state index contributed by atoms with van der Waals surface area (Å²) in [7, 11) is 0. The molecular formula is C11H14O2. The van der Waals surface area contributed by atoms with Crippen molar-refractivity contribution in [3.05, 3.63) is 29.8 Å². The van der Waals surface area contributed by atoms with Crippen molar-refractivity contribution in [1.29, 1.82) is 0 Å². The number of benzene rings is 1. The van der Waals surface area contributed by atoms with Crippen LogP contribution < -0.4 is 4.74 Å². The molecule has 13 heavy (non-hydrogen) atoms. The van der Waals surface area contributed by atoms with E-state index in [4.69, 9.17) is 9.47 Å². The third kappa shape index (κ3) is 1.83. The van der Waals surface area contributed by atoms with Crippen LogP contribution in [0.1, 0.15) is 18.4 Å². The molecule has 0 aliphatic carbocycles. The molecule has 70 valence electrons. The van der Waals surface area contributed by atoms with Gasteiger partial charge in [0.05, 0.1) is 13.2 Å². The van der Waals surface area contributed by atoms with E-state index in [0.29, 0.717) is 19.1 Å². The fourth-order valence-electron chi connectivity index (χ4n) is 1.58. The summed E-state index contributed by atoms with van der Waals surface area (Å²) in [6, 6.07) is 8.18. The highest BCUT2D eigenvalue weighted by molar-refractivity contribution is 5.36. The number of ether oxygens (including phenoxy) is 2. The third-order valence-electron chi connectivity index (χ3n) is 2.30. The highest BCUT2D eigenvalue weighted by Crippen LogP contribution is 2.27. The average Bonchev–Trinajstić information content (AvgIpc) is 2.14. The molecule has 2 rings (SSSR count). The Labute approximate surface area is 78.5 Å². The minimum absolute atomic E-state index is 0.427. The first-order chi connectivity index (χ1) is 6.38. The Hall–Kier alpha value is -1.02. The summed E-state index contributed by atoms with van der Waals surface area (Å²) in [4.78, 5) is 0. The zero-order valence-electron chi connectivity index (χ0n) is 7.82. The maximum atomic E-state index is 5.57. The molecule has 2 nitrogen and oxygen atoms in total. The lowest BCUT2D eigenvalue weighted by Gasteiger charge is -2.20. The van der Waals surface area contributed by atoms with Crippen LogP contribution in [0.4, 0.5) is 0 Å². The van der Waals surface area contributed by atoms with Gasteiger partial charge in [0.2, 0.25) is 0 Å². The number of hydrogen-bond donors (Lipinski definition) is 0. The normalized spacial score (nSPS) is 22.4. The summed E-state index contributed by atoms with van der Waals surface area (Å²) < 4.78 is 11.0. The molecule has 1 aromatic rings. The lowest BCUT2D eigenvalue weighted by molar-refractivity contribution is 0.0818. The molecule has 0 radical (unpaired) electrons.